The van der Waals surface area contributed by atoms with E-state index in [0.29, 0.717) is 20.6 Å². The summed E-state index contributed by atoms with van der Waals surface area (Å²) in [5, 5.41) is 14.9. The van der Waals surface area contributed by atoms with Crippen molar-refractivity contribution in [3.8, 4) is 11.5 Å². The molecule has 0 radical (unpaired) electrons. The summed E-state index contributed by atoms with van der Waals surface area (Å²) in [5.74, 6) is -0.581. The maximum atomic E-state index is 12.3. The summed E-state index contributed by atoms with van der Waals surface area (Å²) in [7, 11) is 1.46. The Balaban J connectivity index is 1.67. The molecule has 0 heterocycles. The lowest BCUT2D eigenvalue weighted by atomic mass is 10.0. The van der Waals surface area contributed by atoms with E-state index in [0.717, 1.165) is 16.3 Å². The molecule has 3 rings (SSSR count). The van der Waals surface area contributed by atoms with E-state index in [9.17, 15) is 9.59 Å². The fraction of sp³-hybridized carbons (Fsp3) is 0.136. The van der Waals surface area contributed by atoms with E-state index in [1.165, 1.54) is 13.3 Å². The summed E-state index contributed by atoms with van der Waals surface area (Å²) < 4.78 is 11.2. The van der Waals surface area contributed by atoms with Gasteiger partial charge in [0.2, 0.25) is 5.91 Å². The van der Waals surface area contributed by atoms with E-state index >= 15 is 0 Å². The minimum atomic E-state index is -1.08. The molecule has 0 atom stereocenters. The van der Waals surface area contributed by atoms with Crippen molar-refractivity contribution in [3.63, 3.8) is 0 Å². The van der Waals surface area contributed by atoms with Crippen molar-refractivity contribution in [3.05, 3.63) is 69.3 Å². The lowest BCUT2D eigenvalue weighted by molar-refractivity contribution is -0.139. The van der Waals surface area contributed by atoms with Gasteiger partial charge in [-0.05, 0) is 56.6 Å². The Kier molecular flexibility index (Phi) is 7.23. The number of carboxylic acid groups (broad SMARTS) is 1. The second-order valence-electron chi connectivity index (χ2n) is 6.32. The lowest BCUT2D eigenvalue weighted by Gasteiger charge is -2.12. The average molecular weight is 518 g/mol. The second-order valence-corrected chi connectivity index (χ2v) is 7.49. The smallest absolute Gasteiger partial charge is 0.341 e. The van der Waals surface area contributed by atoms with Crippen LogP contribution in [-0.4, -0.2) is 36.9 Å². The summed E-state index contributed by atoms with van der Waals surface area (Å²) in [4.78, 5) is 23.0. The standard InChI is InChI=1S/C22H19IN2O5/c1-29-19-10-14(9-18(23)22(19)30-13-21(27)28)12-24-25-20(26)11-16-7-4-6-15-5-2-3-8-17(15)16/h2-10,12H,11,13H2,1H3,(H,25,26)(H,27,28)/b24-12-. The van der Waals surface area contributed by atoms with Crippen LogP contribution in [0.5, 0.6) is 11.5 Å². The fourth-order valence-electron chi connectivity index (χ4n) is 2.93. The van der Waals surface area contributed by atoms with Crippen molar-refractivity contribution >= 4 is 51.5 Å². The maximum absolute atomic E-state index is 12.3. The highest BCUT2D eigenvalue weighted by Gasteiger charge is 2.13. The minimum absolute atomic E-state index is 0.210. The van der Waals surface area contributed by atoms with E-state index in [2.05, 4.69) is 10.5 Å². The first kappa shape index (κ1) is 21.6. The number of hydrogen-bond donors (Lipinski definition) is 2. The number of hydrogen-bond acceptors (Lipinski definition) is 5. The summed E-state index contributed by atoms with van der Waals surface area (Å²) in [6, 6.07) is 17.2. The molecule has 0 bridgehead atoms. The second kappa shape index (κ2) is 10.1. The topological polar surface area (TPSA) is 97.2 Å². The molecule has 0 spiro atoms. The Morgan fingerprint density at radius 2 is 1.93 bits per heavy atom. The predicted octanol–water partition coefficient (Wildman–Crippen LogP) is 3.61. The van der Waals surface area contributed by atoms with Crippen LogP contribution in [0.1, 0.15) is 11.1 Å². The monoisotopic (exact) mass is 518 g/mol. The van der Waals surface area contributed by atoms with Crippen molar-refractivity contribution < 1.29 is 24.2 Å². The molecule has 2 N–H and O–H groups in total. The summed E-state index contributed by atoms with van der Waals surface area (Å²) in [5.41, 5.74) is 4.13. The van der Waals surface area contributed by atoms with Crippen LogP contribution in [0.2, 0.25) is 0 Å². The fourth-order valence-corrected chi connectivity index (χ4v) is 3.71. The van der Waals surface area contributed by atoms with Crippen LogP contribution < -0.4 is 14.9 Å². The first-order valence-electron chi connectivity index (χ1n) is 8.98. The van der Waals surface area contributed by atoms with Gasteiger partial charge < -0.3 is 14.6 Å². The zero-order valence-electron chi connectivity index (χ0n) is 16.1. The van der Waals surface area contributed by atoms with Gasteiger partial charge in [-0.15, -0.1) is 0 Å². The molecule has 0 saturated heterocycles. The minimum Gasteiger partial charge on any atom is -0.493 e. The van der Waals surface area contributed by atoms with Gasteiger partial charge in [0, 0.05) is 0 Å². The molecule has 0 fully saturated rings. The number of fused-ring (bicyclic) bond motifs is 1. The molecule has 3 aromatic carbocycles. The Labute approximate surface area is 186 Å². The number of halogens is 1. The molecule has 0 aliphatic heterocycles. The van der Waals surface area contributed by atoms with Gasteiger partial charge >= 0.3 is 5.97 Å². The lowest BCUT2D eigenvalue weighted by Crippen LogP contribution is -2.19. The third kappa shape index (κ3) is 5.47. The van der Waals surface area contributed by atoms with Crippen LogP contribution in [0.15, 0.2) is 59.7 Å². The summed E-state index contributed by atoms with van der Waals surface area (Å²) in [6.45, 7) is -0.468. The van der Waals surface area contributed by atoms with Crippen molar-refractivity contribution in [2.24, 2.45) is 5.10 Å². The van der Waals surface area contributed by atoms with Gasteiger partial charge in [0.1, 0.15) is 0 Å². The van der Waals surface area contributed by atoms with Crippen molar-refractivity contribution in [1.29, 1.82) is 0 Å². The summed E-state index contributed by atoms with van der Waals surface area (Å²) in [6.07, 6.45) is 1.70. The van der Waals surface area contributed by atoms with Crippen LogP contribution in [-0.2, 0) is 16.0 Å². The molecule has 7 nitrogen and oxygen atoms in total. The van der Waals surface area contributed by atoms with E-state index in [4.69, 9.17) is 14.6 Å². The number of nitrogens with zero attached hydrogens (tertiary/aromatic N) is 1. The van der Waals surface area contributed by atoms with E-state index in [1.807, 2.05) is 65.1 Å². The molecule has 30 heavy (non-hydrogen) atoms. The molecule has 0 saturated carbocycles. The largest absolute Gasteiger partial charge is 0.493 e. The molecule has 0 aliphatic carbocycles. The first-order chi connectivity index (χ1) is 14.5. The highest BCUT2D eigenvalue weighted by molar-refractivity contribution is 14.1. The third-order valence-corrected chi connectivity index (χ3v) is 5.03. The number of ether oxygens (including phenoxy) is 2. The van der Waals surface area contributed by atoms with Gasteiger partial charge in [-0.25, -0.2) is 10.2 Å². The van der Waals surface area contributed by atoms with Gasteiger partial charge in [0.05, 0.1) is 23.3 Å². The molecular weight excluding hydrogens is 499 g/mol. The summed E-state index contributed by atoms with van der Waals surface area (Å²) >= 11 is 2.02. The highest BCUT2D eigenvalue weighted by atomic mass is 127. The number of methoxy groups -OCH3 is 1. The number of hydrazone groups is 1. The Bertz CT molecular complexity index is 1110. The zero-order chi connectivity index (χ0) is 21.5. The van der Waals surface area contributed by atoms with Crippen LogP contribution in [0.3, 0.4) is 0 Å². The number of carbonyl (C=O) groups is 2. The molecule has 1 amide bonds. The molecule has 0 unspecified atom stereocenters. The van der Waals surface area contributed by atoms with Crippen LogP contribution in [0, 0.1) is 3.57 Å². The first-order valence-corrected chi connectivity index (χ1v) is 10.1. The number of carboxylic acids is 1. The van der Waals surface area contributed by atoms with Gasteiger partial charge in [0.25, 0.3) is 0 Å². The number of benzene rings is 3. The number of aliphatic carboxylic acids is 1. The average Bonchev–Trinajstić information content (AvgIpc) is 2.72. The van der Waals surface area contributed by atoms with Crippen LogP contribution >= 0.6 is 22.6 Å². The predicted molar refractivity (Wildman–Crippen MR) is 122 cm³/mol. The molecule has 0 aliphatic rings. The van der Waals surface area contributed by atoms with Gasteiger partial charge in [0.15, 0.2) is 18.1 Å². The molecule has 0 aromatic heterocycles. The molecule has 154 valence electrons. The number of carbonyl (C=O) groups excluding carboxylic acids is 1. The van der Waals surface area contributed by atoms with Gasteiger partial charge in [-0.3, -0.25) is 4.79 Å². The Hall–Kier alpha value is -3.14. The number of rotatable bonds is 8. The highest BCUT2D eigenvalue weighted by Crippen LogP contribution is 2.33. The molecule has 8 heteroatoms. The Morgan fingerprint density at radius 3 is 2.70 bits per heavy atom. The van der Waals surface area contributed by atoms with E-state index in [-0.39, 0.29) is 12.3 Å². The van der Waals surface area contributed by atoms with Crippen molar-refractivity contribution in [2.75, 3.05) is 13.7 Å². The van der Waals surface area contributed by atoms with Gasteiger partial charge in [-0.1, -0.05) is 42.5 Å². The zero-order valence-corrected chi connectivity index (χ0v) is 18.3. The quantitative estimate of drug-likeness (QED) is 0.270. The maximum Gasteiger partial charge on any atom is 0.341 e. The Morgan fingerprint density at radius 1 is 1.17 bits per heavy atom. The molecular formula is C22H19IN2O5. The van der Waals surface area contributed by atoms with Crippen molar-refractivity contribution in [1.82, 2.24) is 5.43 Å². The molecule has 3 aromatic rings. The van der Waals surface area contributed by atoms with Gasteiger partial charge in [-0.2, -0.15) is 5.10 Å². The van der Waals surface area contributed by atoms with E-state index < -0.39 is 12.6 Å². The van der Waals surface area contributed by atoms with Crippen LogP contribution in [0.4, 0.5) is 0 Å². The third-order valence-electron chi connectivity index (χ3n) is 4.23. The SMILES string of the molecule is COc1cc(/C=N\NC(=O)Cc2cccc3ccccc23)cc(I)c1OCC(=O)O. The normalized spacial score (nSPS) is 10.9. The van der Waals surface area contributed by atoms with E-state index in [1.54, 1.807) is 12.1 Å². The van der Waals surface area contributed by atoms with Crippen LogP contribution in [0.25, 0.3) is 10.8 Å². The number of nitrogens with one attached hydrogen (secondary N) is 1. The number of amides is 1. The van der Waals surface area contributed by atoms with Crippen molar-refractivity contribution in [2.45, 2.75) is 6.42 Å².